The van der Waals surface area contributed by atoms with Crippen molar-refractivity contribution in [1.82, 2.24) is 9.97 Å². The number of carbonyl (C=O) groups is 2. The Morgan fingerprint density at radius 3 is 2.62 bits per heavy atom. The number of esters is 1. The molecule has 0 saturated carbocycles. The molecule has 1 unspecified atom stereocenters. The van der Waals surface area contributed by atoms with Gasteiger partial charge in [0.05, 0.1) is 5.69 Å². The summed E-state index contributed by atoms with van der Waals surface area (Å²) in [5.41, 5.74) is 0.647. The summed E-state index contributed by atoms with van der Waals surface area (Å²) >= 11 is 7.45. The van der Waals surface area contributed by atoms with E-state index in [9.17, 15) is 9.59 Å². The summed E-state index contributed by atoms with van der Waals surface area (Å²) in [6, 6.07) is 16.2. The third kappa shape index (κ3) is 5.57. The van der Waals surface area contributed by atoms with Gasteiger partial charge in [0.15, 0.2) is 6.61 Å². The number of ether oxygens (including phenoxy) is 1. The third-order valence-corrected chi connectivity index (χ3v) is 6.22. The Labute approximate surface area is 195 Å². The highest BCUT2D eigenvalue weighted by Crippen LogP contribution is 2.33. The van der Waals surface area contributed by atoms with Gasteiger partial charge in [0, 0.05) is 33.8 Å². The molecule has 0 spiro atoms. The van der Waals surface area contributed by atoms with Crippen molar-refractivity contribution in [3.8, 4) is 0 Å². The Kier molecular flexibility index (Phi) is 7.24. The van der Waals surface area contributed by atoms with Crippen LogP contribution in [-0.2, 0) is 14.3 Å². The minimum absolute atomic E-state index is 0.362. The third-order valence-electron chi connectivity index (χ3n) is 4.88. The molecule has 1 aromatic heterocycles. The minimum Gasteiger partial charge on any atom is -0.454 e. The molecule has 1 atom stereocenters. The number of hydrogen-bond donors (Lipinski definition) is 1. The maximum atomic E-state index is 12.6. The molecule has 1 fully saturated rings. The van der Waals surface area contributed by atoms with Crippen molar-refractivity contribution in [2.45, 2.75) is 28.7 Å². The van der Waals surface area contributed by atoms with E-state index in [-0.39, 0.29) is 6.61 Å². The summed E-state index contributed by atoms with van der Waals surface area (Å²) in [4.78, 5) is 37.2. The molecule has 7 nitrogen and oxygen atoms in total. The molecule has 3 aromatic rings. The van der Waals surface area contributed by atoms with E-state index in [1.807, 2.05) is 53.4 Å². The molecule has 1 aliphatic rings. The lowest BCUT2D eigenvalue weighted by atomic mass is 10.2. The van der Waals surface area contributed by atoms with Crippen LogP contribution in [0.5, 0.6) is 0 Å². The number of nitrogens with zero attached hydrogens (tertiary/aromatic N) is 3. The summed E-state index contributed by atoms with van der Waals surface area (Å²) in [7, 11) is 0. The zero-order chi connectivity index (χ0) is 22.3. The quantitative estimate of drug-likeness (QED) is 0.513. The van der Waals surface area contributed by atoms with Gasteiger partial charge in [0.1, 0.15) is 6.04 Å². The van der Waals surface area contributed by atoms with Crippen molar-refractivity contribution >= 4 is 46.9 Å². The van der Waals surface area contributed by atoms with Gasteiger partial charge in [-0.15, -0.1) is 0 Å². The van der Waals surface area contributed by atoms with Crippen LogP contribution in [0.2, 0.25) is 5.02 Å². The van der Waals surface area contributed by atoms with Gasteiger partial charge in [-0.25, -0.2) is 14.8 Å². The van der Waals surface area contributed by atoms with E-state index < -0.39 is 17.9 Å². The normalized spacial score (nSPS) is 15.4. The second kappa shape index (κ2) is 10.5. The van der Waals surface area contributed by atoms with Gasteiger partial charge in [-0.05, 0) is 55.3 Å². The maximum absolute atomic E-state index is 12.6. The predicted molar refractivity (Wildman–Crippen MR) is 124 cm³/mol. The van der Waals surface area contributed by atoms with Crippen molar-refractivity contribution < 1.29 is 14.3 Å². The molecule has 2 aromatic carbocycles. The standard InChI is InChI=1S/C23H21ClN4O3S/c24-16-8-10-17(11-9-16)32-20-7-2-1-5-18(20)27-21(29)15-31-22(30)19-6-3-14-28(19)23-25-12-4-13-26-23/h1-2,4-5,7-13,19H,3,6,14-15H2,(H,27,29). The molecule has 1 N–H and O–H groups in total. The van der Waals surface area contributed by atoms with Crippen molar-refractivity contribution in [1.29, 1.82) is 0 Å². The average Bonchev–Trinajstić information content (AvgIpc) is 3.31. The number of hydrogen-bond acceptors (Lipinski definition) is 7. The number of carbonyl (C=O) groups excluding carboxylic acids is 2. The van der Waals surface area contributed by atoms with Crippen molar-refractivity contribution in [2.24, 2.45) is 0 Å². The van der Waals surface area contributed by atoms with Crippen LogP contribution in [-0.4, -0.2) is 41.0 Å². The number of halogens is 1. The second-order valence-corrected chi connectivity index (χ2v) is 8.66. The van der Waals surface area contributed by atoms with Crippen LogP contribution in [0.4, 0.5) is 11.6 Å². The highest BCUT2D eigenvalue weighted by molar-refractivity contribution is 7.99. The lowest BCUT2D eigenvalue weighted by molar-refractivity contribution is -0.148. The smallest absolute Gasteiger partial charge is 0.329 e. The van der Waals surface area contributed by atoms with E-state index in [1.165, 1.54) is 11.8 Å². The summed E-state index contributed by atoms with van der Waals surface area (Å²) in [5.74, 6) is -0.360. The molecule has 0 bridgehead atoms. The topological polar surface area (TPSA) is 84.4 Å². The molecular weight excluding hydrogens is 448 g/mol. The first-order valence-corrected chi connectivity index (χ1v) is 11.3. The fourth-order valence-corrected chi connectivity index (χ4v) is 4.43. The molecule has 1 saturated heterocycles. The number of benzene rings is 2. The van der Waals surface area contributed by atoms with Crippen molar-refractivity contribution in [3.63, 3.8) is 0 Å². The van der Waals surface area contributed by atoms with Gasteiger partial charge >= 0.3 is 5.97 Å². The van der Waals surface area contributed by atoms with Gasteiger partial charge in [-0.2, -0.15) is 0 Å². The van der Waals surface area contributed by atoms with Gasteiger partial charge in [-0.1, -0.05) is 35.5 Å². The fraction of sp³-hybridized carbons (Fsp3) is 0.217. The van der Waals surface area contributed by atoms with Crippen LogP contribution >= 0.6 is 23.4 Å². The van der Waals surface area contributed by atoms with E-state index in [2.05, 4.69) is 15.3 Å². The van der Waals surface area contributed by atoms with Crippen LogP contribution in [0.15, 0.2) is 76.8 Å². The molecular formula is C23H21ClN4O3S. The fourth-order valence-electron chi connectivity index (χ4n) is 3.40. The Bertz CT molecular complexity index is 1080. The monoisotopic (exact) mass is 468 g/mol. The second-order valence-electron chi connectivity index (χ2n) is 7.11. The summed E-state index contributed by atoms with van der Waals surface area (Å²) in [5, 5.41) is 3.49. The number of para-hydroxylation sites is 1. The van der Waals surface area contributed by atoms with E-state index >= 15 is 0 Å². The number of anilines is 2. The van der Waals surface area contributed by atoms with Gasteiger partial charge < -0.3 is 15.0 Å². The summed E-state index contributed by atoms with van der Waals surface area (Å²) in [6.07, 6.45) is 4.74. The van der Waals surface area contributed by atoms with E-state index in [0.29, 0.717) is 29.6 Å². The Morgan fingerprint density at radius 2 is 1.84 bits per heavy atom. The number of amides is 1. The molecule has 32 heavy (non-hydrogen) atoms. The number of nitrogens with one attached hydrogen (secondary N) is 1. The lowest BCUT2D eigenvalue weighted by Crippen LogP contribution is -2.39. The molecule has 4 rings (SSSR count). The highest BCUT2D eigenvalue weighted by Gasteiger charge is 2.33. The highest BCUT2D eigenvalue weighted by atomic mass is 35.5. The average molecular weight is 469 g/mol. The van der Waals surface area contributed by atoms with E-state index in [4.69, 9.17) is 16.3 Å². The Balaban J connectivity index is 1.34. The molecule has 0 aliphatic carbocycles. The maximum Gasteiger partial charge on any atom is 0.329 e. The summed E-state index contributed by atoms with van der Waals surface area (Å²) < 4.78 is 5.31. The predicted octanol–water partition coefficient (Wildman–Crippen LogP) is 4.43. The van der Waals surface area contributed by atoms with Crippen LogP contribution in [0.25, 0.3) is 0 Å². The SMILES string of the molecule is O=C(COC(=O)C1CCCN1c1ncccn1)Nc1ccccc1Sc1ccc(Cl)cc1. The molecule has 1 amide bonds. The van der Waals surface area contributed by atoms with Gasteiger partial charge in [0.25, 0.3) is 5.91 Å². The van der Waals surface area contributed by atoms with Crippen molar-refractivity contribution in [3.05, 3.63) is 72.0 Å². The number of rotatable bonds is 7. The molecule has 0 radical (unpaired) electrons. The van der Waals surface area contributed by atoms with E-state index in [0.717, 1.165) is 16.2 Å². The van der Waals surface area contributed by atoms with Crippen LogP contribution in [0.3, 0.4) is 0 Å². The van der Waals surface area contributed by atoms with Gasteiger partial charge in [0.2, 0.25) is 5.95 Å². The first-order valence-electron chi connectivity index (χ1n) is 10.1. The Hall–Kier alpha value is -3.10. The Morgan fingerprint density at radius 1 is 1.09 bits per heavy atom. The molecule has 164 valence electrons. The van der Waals surface area contributed by atoms with Crippen LogP contribution in [0, 0.1) is 0 Å². The van der Waals surface area contributed by atoms with E-state index in [1.54, 1.807) is 18.5 Å². The molecule has 2 heterocycles. The lowest BCUT2D eigenvalue weighted by Gasteiger charge is -2.22. The summed E-state index contributed by atoms with van der Waals surface area (Å²) in [6.45, 7) is 0.310. The molecule has 9 heteroatoms. The number of aromatic nitrogens is 2. The van der Waals surface area contributed by atoms with Crippen LogP contribution in [0.1, 0.15) is 12.8 Å². The first-order chi connectivity index (χ1) is 15.6. The minimum atomic E-state index is -0.488. The zero-order valence-corrected chi connectivity index (χ0v) is 18.7. The van der Waals surface area contributed by atoms with Gasteiger partial charge in [-0.3, -0.25) is 4.79 Å². The molecule has 1 aliphatic heterocycles. The zero-order valence-electron chi connectivity index (χ0n) is 17.1. The first kappa shape index (κ1) is 22.1. The largest absolute Gasteiger partial charge is 0.454 e. The van der Waals surface area contributed by atoms with Crippen LogP contribution < -0.4 is 10.2 Å². The van der Waals surface area contributed by atoms with Crippen molar-refractivity contribution in [2.75, 3.05) is 23.4 Å².